The third-order valence-corrected chi connectivity index (χ3v) is 3.13. The maximum atomic E-state index is 11.7. The summed E-state index contributed by atoms with van der Waals surface area (Å²) in [5, 5.41) is 10.3. The molecular formula is C11H12BrNO3. The summed E-state index contributed by atoms with van der Waals surface area (Å²) in [5.41, 5.74) is -0.245. The van der Waals surface area contributed by atoms with Crippen LogP contribution in [-0.4, -0.2) is 22.7 Å². The fraction of sp³-hybridized carbons (Fsp3) is 0.455. The van der Waals surface area contributed by atoms with Crippen LogP contribution >= 0.6 is 15.9 Å². The molecule has 5 heteroatoms. The molecule has 86 valence electrons. The Balaban J connectivity index is 2.38. The molecule has 0 amide bonds. The average molecular weight is 286 g/mol. The number of pyridine rings is 1. The van der Waals surface area contributed by atoms with Gasteiger partial charge in [-0.1, -0.05) is 0 Å². The lowest BCUT2D eigenvalue weighted by Crippen LogP contribution is -2.35. The van der Waals surface area contributed by atoms with E-state index in [1.54, 1.807) is 13.1 Å². The Labute approximate surface area is 102 Å². The van der Waals surface area contributed by atoms with Gasteiger partial charge in [0.25, 0.3) is 0 Å². The first-order valence-corrected chi connectivity index (χ1v) is 5.91. The number of aryl methyl sites for hydroxylation is 1. The molecule has 1 N–H and O–H groups in total. The number of fused-ring (bicyclic) bond motifs is 1. The molecule has 1 heterocycles. The molecule has 0 aromatic carbocycles. The number of aromatic nitrogens is 1. The van der Waals surface area contributed by atoms with E-state index in [-0.39, 0.29) is 6.61 Å². The standard InChI is InChI=1S/C11H12BrNO3/c1-2-16-10(14)11(15)4-3-7-5-8(12)6-13-9(7)11/h5-6,15H,2-4H2,1H3. The largest absolute Gasteiger partial charge is 0.464 e. The van der Waals surface area contributed by atoms with Crippen LogP contribution in [-0.2, 0) is 21.6 Å². The molecule has 0 saturated carbocycles. The Morgan fingerprint density at radius 3 is 3.19 bits per heavy atom. The van der Waals surface area contributed by atoms with Gasteiger partial charge >= 0.3 is 5.97 Å². The zero-order chi connectivity index (χ0) is 11.8. The molecule has 1 unspecified atom stereocenters. The number of halogens is 1. The summed E-state index contributed by atoms with van der Waals surface area (Å²) >= 11 is 3.31. The van der Waals surface area contributed by atoms with Crippen LogP contribution in [0, 0.1) is 0 Å². The molecule has 1 aromatic rings. The first kappa shape index (κ1) is 11.5. The Hall–Kier alpha value is -0.940. The molecule has 1 atom stereocenters. The van der Waals surface area contributed by atoms with Gasteiger partial charge in [0.05, 0.1) is 12.3 Å². The summed E-state index contributed by atoms with van der Waals surface area (Å²) in [5.74, 6) is -0.608. The molecule has 0 radical (unpaired) electrons. The lowest BCUT2D eigenvalue weighted by molar-refractivity contribution is -0.166. The molecule has 0 fully saturated rings. The number of nitrogens with zero attached hydrogens (tertiary/aromatic N) is 1. The third kappa shape index (κ3) is 1.74. The van der Waals surface area contributed by atoms with Crippen molar-refractivity contribution in [2.24, 2.45) is 0 Å². The van der Waals surface area contributed by atoms with Crippen molar-refractivity contribution in [1.29, 1.82) is 0 Å². The van der Waals surface area contributed by atoms with Crippen molar-refractivity contribution in [2.75, 3.05) is 6.61 Å². The highest BCUT2D eigenvalue weighted by molar-refractivity contribution is 9.10. The number of carbonyl (C=O) groups excluding carboxylic acids is 1. The first-order valence-electron chi connectivity index (χ1n) is 5.12. The molecule has 0 saturated heterocycles. The fourth-order valence-corrected chi connectivity index (χ4v) is 2.31. The average Bonchev–Trinajstić information content (AvgIpc) is 2.58. The highest BCUT2D eigenvalue weighted by atomic mass is 79.9. The molecule has 0 bridgehead atoms. The van der Waals surface area contributed by atoms with Crippen molar-refractivity contribution in [3.8, 4) is 0 Å². The SMILES string of the molecule is CCOC(=O)C1(O)CCc2cc(Br)cnc21. The van der Waals surface area contributed by atoms with Gasteiger partial charge in [0.2, 0.25) is 5.60 Å². The van der Waals surface area contributed by atoms with E-state index in [4.69, 9.17) is 4.74 Å². The van der Waals surface area contributed by atoms with Crippen LogP contribution in [0.15, 0.2) is 16.7 Å². The maximum absolute atomic E-state index is 11.7. The quantitative estimate of drug-likeness (QED) is 0.838. The second-order valence-electron chi connectivity index (χ2n) is 3.74. The van der Waals surface area contributed by atoms with Crippen molar-refractivity contribution < 1.29 is 14.6 Å². The van der Waals surface area contributed by atoms with Gasteiger partial charge < -0.3 is 9.84 Å². The van der Waals surface area contributed by atoms with E-state index in [1.165, 1.54) is 0 Å². The van der Waals surface area contributed by atoms with E-state index in [0.717, 1.165) is 10.0 Å². The van der Waals surface area contributed by atoms with Crippen molar-refractivity contribution in [1.82, 2.24) is 4.98 Å². The summed E-state index contributed by atoms with van der Waals surface area (Å²) in [4.78, 5) is 15.8. The maximum Gasteiger partial charge on any atom is 0.344 e. The van der Waals surface area contributed by atoms with Crippen LogP contribution in [0.5, 0.6) is 0 Å². The third-order valence-electron chi connectivity index (χ3n) is 2.69. The molecule has 1 aliphatic rings. The summed E-state index contributed by atoms with van der Waals surface area (Å²) in [6.45, 7) is 1.97. The van der Waals surface area contributed by atoms with E-state index in [0.29, 0.717) is 18.5 Å². The van der Waals surface area contributed by atoms with Crippen molar-refractivity contribution in [3.63, 3.8) is 0 Å². The normalized spacial score (nSPS) is 22.9. The number of aliphatic hydroxyl groups is 1. The first-order chi connectivity index (χ1) is 7.58. The van der Waals surface area contributed by atoms with E-state index in [2.05, 4.69) is 20.9 Å². The number of ether oxygens (including phenoxy) is 1. The molecule has 16 heavy (non-hydrogen) atoms. The van der Waals surface area contributed by atoms with E-state index in [1.807, 2.05) is 6.07 Å². The second-order valence-corrected chi connectivity index (χ2v) is 4.66. The van der Waals surface area contributed by atoms with Gasteiger partial charge in [-0.25, -0.2) is 4.79 Å². The van der Waals surface area contributed by atoms with Crippen molar-refractivity contribution >= 4 is 21.9 Å². The number of rotatable bonds is 2. The Morgan fingerprint density at radius 1 is 1.75 bits per heavy atom. The lowest BCUT2D eigenvalue weighted by Gasteiger charge is -2.20. The minimum absolute atomic E-state index is 0.257. The predicted molar refractivity (Wildman–Crippen MR) is 60.8 cm³/mol. The van der Waals surface area contributed by atoms with Crippen LogP contribution < -0.4 is 0 Å². The van der Waals surface area contributed by atoms with Gasteiger partial charge in [-0.3, -0.25) is 4.98 Å². The summed E-state index contributed by atoms with van der Waals surface area (Å²) < 4.78 is 5.72. The van der Waals surface area contributed by atoms with Gasteiger partial charge in [-0.15, -0.1) is 0 Å². The van der Waals surface area contributed by atoms with Gasteiger partial charge in [-0.2, -0.15) is 0 Å². The molecule has 1 aromatic heterocycles. The Kier molecular flexibility index (Phi) is 2.99. The monoisotopic (exact) mass is 285 g/mol. The summed E-state index contributed by atoms with van der Waals surface area (Å²) in [6, 6.07) is 1.87. The van der Waals surface area contributed by atoms with E-state index < -0.39 is 11.6 Å². The fourth-order valence-electron chi connectivity index (χ4n) is 1.93. The number of hydrogen-bond acceptors (Lipinski definition) is 4. The molecule has 0 aliphatic heterocycles. The molecule has 0 spiro atoms. The topological polar surface area (TPSA) is 59.4 Å². The van der Waals surface area contributed by atoms with Crippen molar-refractivity contribution in [3.05, 3.63) is 28.0 Å². The Morgan fingerprint density at radius 2 is 2.50 bits per heavy atom. The van der Waals surface area contributed by atoms with Crippen molar-refractivity contribution in [2.45, 2.75) is 25.4 Å². The van der Waals surface area contributed by atoms with Crippen LogP contribution in [0.2, 0.25) is 0 Å². The minimum atomic E-state index is -1.56. The molecule has 4 nitrogen and oxygen atoms in total. The van der Waals surface area contributed by atoms with Gasteiger partial charge in [-0.05, 0) is 47.3 Å². The molecule has 2 rings (SSSR count). The highest BCUT2D eigenvalue weighted by Gasteiger charge is 2.46. The van der Waals surface area contributed by atoms with Gasteiger partial charge in [0.1, 0.15) is 0 Å². The van der Waals surface area contributed by atoms with Gasteiger partial charge in [0.15, 0.2) is 0 Å². The van der Waals surface area contributed by atoms with Crippen LogP contribution in [0.3, 0.4) is 0 Å². The van der Waals surface area contributed by atoms with Gasteiger partial charge in [0, 0.05) is 10.7 Å². The zero-order valence-electron chi connectivity index (χ0n) is 8.86. The predicted octanol–water partition coefficient (Wildman–Crippen LogP) is 1.54. The molecule has 1 aliphatic carbocycles. The zero-order valence-corrected chi connectivity index (χ0v) is 10.5. The highest BCUT2D eigenvalue weighted by Crippen LogP contribution is 2.37. The second kappa shape index (κ2) is 4.14. The van der Waals surface area contributed by atoms with E-state index >= 15 is 0 Å². The van der Waals surface area contributed by atoms with Crippen LogP contribution in [0.1, 0.15) is 24.6 Å². The van der Waals surface area contributed by atoms with Crippen LogP contribution in [0.4, 0.5) is 0 Å². The summed E-state index contributed by atoms with van der Waals surface area (Å²) in [7, 11) is 0. The summed E-state index contributed by atoms with van der Waals surface area (Å²) in [6.07, 6.45) is 2.55. The molecular weight excluding hydrogens is 274 g/mol. The minimum Gasteiger partial charge on any atom is -0.464 e. The smallest absolute Gasteiger partial charge is 0.344 e. The lowest BCUT2D eigenvalue weighted by atomic mass is 10.0. The Bertz CT molecular complexity index is 435. The van der Waals surface area contributed by atoms with Crippen LogP contribution in [0.25, 0.3) is 0 Å². The number of carbonyl (C=O) groups is 1. The number of hydrogen-bond donors (Lipinski definition) is 1. The number of esters is 1. The van der Waals surface area contributed by atoms with E-state index in [9.17, 15) is 9.90 Å².